The highest BCUT2D eigenvalue weighted by molar-refractivity contribution is 8.15. The summed E-state index contributed by atoms with van der Waals surface area (Å²) >= 11 is 1.21. The number of amidine groups is 1. The molecule has 0 saturated carbocycles. The fourth-order valence-electron chi connectivity index (χ4n) is 2.44. The number of thioether (sulfide) groups is 1. The number of anilines is 1. The molecule has 0 radical (unpaired) electrons. The van der Waals surface area contributed by atoms with Gasteiger partial charge in [-0.1, -0.05) is 48.2 Å². The number of amides is 2. The Balaban J connectivity index is 1.56. The number of carbonyl (C=O) groups is 2. The van der Waals surface area contributed by atoms with Crippen LogP contribution in [-0.4, -0.2) is 27.2 Å². The predicted octanol–water partition coefficient (Wildman–Crippen LogP) is 2.71. The lowest BCUT2D eigenvalue weighted by Crippen LogP contribution is -2.28. The van der Waals surface area contributed by atoms with E-state index in [9.17, 15) is 19.7 Å². The highest BCUT2D eigenvalue weighted by atomic mass is 32.2. The first-order valence-electron chi connectivity index (χ1n) is 8.11. The van der Waals surface area contributed by atoms with Gasteiger partial charge in [0.2, 0.25) is 11.8 Å². The summed E-state index contributed by atoms with van der Waals surface area (Å²) in [6.07, 6.45) is -0.0520. The Labute approximate surface area is 159 Å². The molecule has 0 bridgehead atoms. The van der Waals surface area contributed by atoms with Gasteiger partial charge in [0.1, 0.15) is 5.25 Å². The maximum absolute atomic E-state index is 12.2. The third-order valence-corrected chi connectivity index (χ3v) is 4.86. The van der Waals surface area contributed by atoms with Crippen molar-refractivity contribution < 1.29 is 14.5 Å². The average molecular weight is 384 g/mol. The van der Waals surface area contributed by atoms with Gasteiger partial charge in [-0.25, -0.2) is 0 Å². The Morgan fingerprint density at radius 3 is 2.74 bits per heavy atom. The van der Waals surface area contributed by atoms with Gasteiger partial charge in [-0.2, -0.15) is 0 Å². The van der Waals surface area contributed by atoms with Crippen LogP contribution < -0.4 is 10.6 Å². The van der Waals surface area contributed by atoms with E-state index < -0.39 is 16.1 Å². The summed E-state index contributed by atoms with van der Waals surface area (Å²) in [6, 6.07) is 15.3. The van der Waals surface area contributed by atoms with Crippen LogP contribution in [0.2, 0.25) is 0 Å². The first-order chi connectivity index (χ1) is 13.0. The normalized spacial score (nSPS) is 17.6. The Hall–Kier alpha value is -3.20. The standard InChI is InChI=1S/C18H16N4O4S/c23-16(20-13-7-4-8-14(9-13)22(25)26)10-15-17(24)21-18(27-15)19-11-12-5-2-1-3-6-12/h1-9,15H,10-11H2,(H,20,23)(H,19,21,24)/t15-/m1/s1. The summed E-state index contributed by atoms with van der Waals surface area (Å²) < 4.78 is 0. The zero-order chi connectivity index (χ0) is 19.2. The lowest BCUT2D eigenvalue weighted by Gasteiger charge is -2.07. The third kappa shape index (κ3) is 5.14. The zero-order valence-corrected chi connectivity index (χ0v) is 14.9. The molecule has 2 aromatic rings. The van der Waals surface area contributed by atoms with Gasteiger partial charge in [0.25, 0.3) is 5.69 Å². The molecule has 8 nitrogen and oxygen atoms in total. The van der Waals surface area contributed by atoms with Gasteiger partial charge in [-0.3, -0.25) is 24.7 Å². The van der Waals surface area contributed by atoms with Crippen molar-refractivity contribution in [1.82, 2.24) is 5.32 Å². The van der Waals surface area contributed by atoms with Crippen molar-refractivity contribution in [3.8, 4) is 0 Å². The Bertz CT molecular complexity index is 901. The molecule has 1 heterocycles. The second-order valence-electron chi connectivity index (χ2n) is 5.76. The monoisotopic (exact) mass is 384 g/mol. The molecule has 2 aromatic carbocycles. The molecule has 1 aliphatic heterocycles. The Kier molecular flexibility index (Phi) is 5.82. The summed E-state index contributed by atoms with van der Waals surface area (Å²) in [5, 5.41) is 15.9. The van der Waals surface area contributed by atoms with E-state index in [1.165, 1.54) is 30.0 Å². The lowest BCUT2D eigenvalue weighted by molar-refractivity contribution is -0.384. The summed E-state index contributed by atoms with van der Waals surface area (Å²) in [5.41, 5.74) is 1.22. The van der Waals surface area contributed by atoms with Crippen LogP contribution in [-0.2, 0) is 16.1 Å². The molecule has 2 N–H and O–H groups in total. The largest absolute Gasteiger partial charge is 0.326 e. The topological polar surface area (TPSA) is 114 Å². The highest BCUT2D eigenvalue weighted by Gasteiger charge is 2.32. The van der Waals surface area contributed by atoms with Gasteiger partial charge in [0, 0.05) is 24.2 Å². The number of carbonyl (C=O) groups excluding carboxylic acids is 2. The van der Waals surface area contributed by atoms with Crippen LogP contribution in [0, 0.1) is 10.1 Å². The van der Waals surface area contributed by atoms with E-state index in [0.29, 0.717) is 17.4 Å². The maximum atomic E-state index is 12.2. The van der Waals surface area contributed by atoms with Crippen LogP contribution in [0.1, 0.15) is 12.0 Å². The van der Waals surface area contributed by atoms with E-state index in [0.717, 1.165) is 5.56 Å². The quantitative estimate of drug-likeness (QED) is 0.587. The number of nitro benzene ring substituents is 1. The number of hydrogen-bond acceptors (Lipinski definition) is 6. The molecule has 0 unspecified atom stereocenters. The summed E-state index contributed by atoms with van der Waals surface area (Å²) in [4.78, 5) is 38.8. The smallest absolute Gasteiger partial charge is 0.271 e. The molecule has 138 valence electrons. The minimum absolute atomic E-state index is 0.0520. The number of hydrogen-bond donors (Lipinski definition) is 2. The summed E-state index contributed by atoms with van der Waals surface area (Å²) in [5.74, 6) is -0.673. The van der Waals surface area contributed by atoms with Gasteiger partial charge >= 0.3 is 0 Å². The number of nitro groups is 1. The molecule has 9 heteroatoms. The van der Waals surface area contributed by atoms with Crippen LogP contribution in [0.25, 0.3) is 0 Å². The SMILES string of the molecule is O=C(C[C@H]1SC(=NCc2ccccc2)NC1=O)Nc1cccc([N+](=O)[O-])c1. The van der Waals surface area contributed by atoms with Crippen LogP contribution in [0.5, 0.6) is 0 Å². The van der Waals surface area contributed by atoms with Crippen LogP contribution in [0.15, 0.2) is 59.6 Å². The van der Waals surface area contributed by atoms with Crippen molar-refractivity contribution in [3.63, 3.8) is 0 Å². The van der Waals surface area contributed by atoms with E-state index in [2.05, 4.69) is 15.6 Å². The average Bonchev–Trinajstić information content (AvgIpc) is 3.00. The van der Waals surface area contributed by atoms with Crippen molar-refractivity contribution in [3.05, 3.63) is 70.3 Å². The van der Waals surface area contributed by atoms with Crippen molar-refractivity contribution in [2.45, 2.75) is 18.2 Å². The first-order valence-corrected chi connectivity index (χ1v) is 8.99. The molecule has 0 aliphatic carbocycles. The molecule has 0 spiro atoms. The van der Waals surface area contributed by atoms with E-state index in [4.69, 9.17) is 0 Å². The second-order valence-corrected chi connectivity index (χ2v) is 6.95. The van der Waals surface area contributed by atoms with Gasteiger partial charge in [-0.05, 0) is 11.6 Å². The molecule has 27 heavy (non-hydrogen) atoms. The van der Waals surface area contributed by atoms with Gasteiger partial charge in [0.15, 0.2) is 5.17 Å². The zero-order valence-electron chi connectivity index (χ0n) is 14.1. The molecule has 1 saturated heterocycles. The summed E-state index contributed by atoms with van der Waals surface area (Å²) in [7, 11) is 0. The molecule has 3 rings (SSSR count). The van der Waals surface area contributed by atoms with E-state index in [-0.39, 0.29) is 18.0 Å². The Morgan fingerprint density at radius 2 is 2.00 bits per heavy atom. The second kappa shape index (κ2) is 8.45. The van der Waals surface area contributed by atoms with Crippen molar-refractivity contribution in [1.29, 1.82) is 0 Å². The number of aliphatic imine (C=N–C) groups is 1. The van der Waals surface area contributed by atoms with Crippen LogP contribution in [0.3, 0.4) is 0 Å². The molecular weight excluding hydrogens is 368 g/mol. The lowest BCUT2D eigenvalue weighted by atomic mass is 10.2. The molecule has 0 aromatic heterocycles. The molecule has 1 fully saturated rings. The Morgan fingerprint density at radius 1 is 1.22 bits per heavy atom. The van der Waals surface area contributed by atoms with Crippen LogP contribution in [0.4, 0.5) is 11.4 Å². The van der Waals surface area contributed by atoms with Gasteiger partial charge < -0.3 is 10.6 Å². The minimum Gasteiger partial charge on any atom is -0.326 e. The molecular formula is C18H16N4O4S. The highest BCUT2D eigenvalue weighted by Crippen LogP contribution is 2.24. The van der Waals surface area contributed by atoms with Gasteiger partial charge in [0.05, 0.1) is 11.5 Å². The fourth-order valence-corrected chi connectivity index (χ4v) is 3.41. The predicted molar refractivity (Wildman–Crippen MR) is 103 cm³/mol. The van der Waals surface area contributed by atoms with Crippen LogP contribution >= 0.6 is 11.8 Å². The molecule has 2 amide bonds. The number of rotatable bonds is 6. The molecule has 1 atom stereocenters. The molecule has 1 aliphatic rings. The number of nitrogens with zero attached hydrogens (tertiary/aromatic N) is 2. The van der Waals surface area contributed by atoms with E-state index >= 15 is 0 Å². The number of nitrogens with one attached hydrogen (secondary N) is 2. The maximum Gasteiger partial charge on any atom is 0.271 e. The van der Waals surface area contributed by atoms with Gasteiger partial charge in [-0.15, -0.1) is 0 Å². The van der Waals surface area contributed by atoms with Crippen molar-refractivity contribution >= 4 is 40.1 Å². The van der Waals surface area contributed by atoms with E-state index in [1.807, 2.05) is 30.3 Å². The minimum atomic E-state index is -0.585. The summed E-state index contributed by atoms with van der Waals surface area (Å²) in [6.45, 7) is 0.441. The van der Waals surface area contributed by atoms with Crippen molar-refractivity contribution in [2.24, 2.45) is 4.99 Å². The third-order valence-electron chi connectivity index (χ3n) is 3.74. The number of benzene rings is 2. The number of non-ortho nitro benzene ring substituents is 1. The fraction of sp³-hybridized carbons (Fsp3) is 0.167. The van der Waals surface area contributed by atoms with Crippen molar-refractivity contribution in [2.75, 3.05) is 5.32 Å². The first kappa shape index (κ1) is 18.6. The van der Waals surface area contributed by atoms with E-state index in [1.54, 1.807) is 6.07 Å².